The highest BCUT2D eigenvalue weighted by atomic mass is 16.7. The van der Waals surface area contributed by atoms with E-state index in [1.807, 2.05) is 0 Å². The summed E-state index contributed by atoms with van der Waals surface area (Å²) in [5, 5.41) is 0. The molecule has 0 amide bonds. The van der Waals surface area contributed by atoms with Crippen LogP contribution >= 0.6 is 0 Å². The summed E-state index contributed by atoms with van der Waals surface area (Å²) in [6.45, 7) is 4.94. The number of esters is 1. The highest BCUT2D eigenvalue weighted by Gasteiger charge is 2.61. The zero-order chi connectivity index (χ0) is 13.7. The molecule has 110 valence electrons. The van der Waals surface area contributed by atoms with Crippen molar-refractivity contribution in [3.63, 3.8) is 0 Å². The van der Waals surface area contributed by atoms with Crippen molar-refractivity contribution in [1.29, 1.82) is 0 Å². The summed E-state index contributed by atoms with van der Waals surface area (Å²) < 4.78 is 11.2. The standard InChI is InChI=1S/C16H28O3/c1-3-5-9-13(4-2)12-18-15(17)14-16(19-14)10-7-6-8-11-16/h13-14H,3-12H2,1-2H3. The van der Waals surface area contributed by atoms with Crippen molar-refractivity contribution in [3.05, 3.63) is 0 Å². The summed E-state index contributed by atoms with van der Waals surface area (Å²) in [6.07, 6.45) is 10.2. The summed E-state index contributed by atoms with van der Waals surface area (Å²) in [5.41, 5.74) is -0.125. The molecular formula is C16H28O3. The first-order chi connectivity index (χ1) is 9.22. The molecule has 2 unspecified atom stereocenters. The number of epoxide rings is 1. The molecule has 19 heavy (non-hydrogen) atoms. The van der Waals surface area contributed by atoms with Gasteiger partial charge in [0.25, 0.3) is 0 Å². The summed E-state index contributed by atoms with van der Waals surface area (Å²) in [5.74, 6) is 0.404. The fourth-order valence-electron chi connectivity index (χ4n) is 3.17. The molecule has 3 heteroatoms. The average Bonchev–Trinajstić information content (AvgIpc) is 3.13. The molecule has 1 spiro atoms. The Hall–Kier alpha value is -0.570. The predicted molar refractivity (Wildman–Crippen MR) is 75.0 cm³/mol. The quantitative estimate of drug-likeness (QED) is 0.520. The van der Waals surface area contributed by atoms with Crippen molar-refractivity contribution in [3.8, 4) is 0 Å². The van der Waals surface area contributed by atoms with Crippen LogP contribution in [0.25, 0.3) is 0 Å². The monoisotopic (exact) mass is 268 g/mol. The zero-order valence-corrected chi connectivity index (χ0v) is 12.5. The molecular weight excluding hydrogens is 240 g/mol. The number of rotatable bonds is 7. The predicted octanol–water partition coefficient (Wildman–Crippen LogP) is 3.85. The van der Waals surface area contributed by atoms with E-state index in [4.69, 9.17) is 9.47 Å². The van der Waals surface area contributed by atoms with E-state index in [-0.39, 0.29) is 17.7 Å². The van der Waals surface area contributed by atoms with Gasteiger partial charge >= 0.3 is 5.97 Å². The van der Waals surface area contributed by atoms with Gasteiger partial charge in [0.05, 0.1) is 6.61 Å². The lowest BCUT2D eigenvalue weighted by Gasteiger charge is -2.18. The van der Waals surface area contributed by atoms with Gasteiger partial charge in [-0.1, -0.05) is 52.4 Å². The first kappa shape index (κ1) is 14.8. The second kappa shape index (κ2) is 6.74. The van der Waals surface area contributed by atoms with Gasteiger partial charge in [-0.3, -0.25) is 0 Å². The molecule has 0 N–H and O–H groups in total. The highest BCUT2D eigenvalue weighted by molar-refractivity contribution is 5.79. The van der Waals surface area contributed by atoms with Crippen LogP contribution in [0.1, 0.15) is 71.6 Å². The zero-order valence-electron chi connectivity index (χ0n) is 12.5. The van der Waals surface area contributed by atoms with Gasteiger partial charge in [0, 0.05) is 0 Å². The van der Waals surface area contributed by atoms with Crippen LogP contribution in [0.5, 0.6) is 0 Å². The Morgan fingerprint density at radius 1 is 1.32 bits per heavy atom. The van der Waals surface area contributed by atoms with E-state index in [0.717, 1.165) is 25.7 Å². The second-order valence-corrected chi connectivity index (χ2v) is 6.17. The molecule has 0 aromatic carbocycles. The van der Waals surface area contributed by atoms with Gasteiger partial charge in [0.2, 0.25) is 0 Å². The Morgan fingerprint density at radius 2 is 2.05 bits per heavy atom. The summed E-state index contributed by atoms with van der Waals surface area (Å²) >= 11 is 0. The normalized spacial score (nSPS) is 26.1. The molecule has 1 heterocycles. The van der Waals surface area contributed by atoms with E-state index < -0.39 is 0 Å². The molecule has 0 aromatic rings. The van der Waals surface area contributed by atoms with Gasteiger partial charge in [-0.25, -0.2) is 4.79 Å². The number of hydrogen-bond donors (Lipinski definition) is 0. The van der Waals surface area contributed by atoms with Crippen molar-refractivity contribution < 1.29 is 14.3 Å². The molecule has 2 rings (SSSR count). The number of hydrogen-bond acceptors (Lipinski definition) is 3. The van der Waals surface area contributed by atoms with Crippen molar-refractivity contribution in [1.82, 2.24) is 0 Å². The highest BCUT2D eigenvalue weighted by Crippen LogP contribution is 2.48. The van der Waals surface area contributed by atoms with Crippen LogP contribution in [-0.2, 0) is 14.3 Å². The largest absolute Gasteiger partial charge is 0.463 e. The first-order valence-corrected chi connectivity index (χ1v) is 8.06. The van der Waals surface area contributed by atoms with Crippen LogP contribution in [0.4, 0.5) is 0 Å². The van der Waals surface area contributed by atoms with E-state index in [0.29, 0.717) is 12.5 Å². The van der Waals surface area contributed by atoms with Gasteiger partial charge in [-0.05, 0) is 25.2 Å². The number of carbonyl (C=O) groups excluding carboxylic acids is 1. The average molecular weight is 268 g/mol. The lowest BCUT2D eigenvalue weighted by atomic mass is 9.86. The van der Waals surface area contributed by atoms with Gasteiger partial charge in [0.1, 0.15) is 5.60 Å². The number of unbranched alkanes of at least 4 members (excludes halogenated alkanes) is 1. The van der Waals surface area contributed by atoms with Crippen LogP contribution in [0.3, 0.4) is 0 Å². The third-order valence-electron chi connectivity index (χ3n) is 4.69. The summed E-state index contributed by atoms with van der Waals surface area (Å²) in [6, 6.07) is 0. The third kappa shape index (κ3) is 3.71. The molecule has 1 saturated heterocycles. The van der Waals surface area contributed by atoms with Crippen molar-refractivity contribution >= 4 is 5.97 Å². The Kier molecular flexibility index (Phi) is 5.26. The molecule has 2 atom stereocenters. The van der Waals surface area contributed by atoms with Crippen LogP contribution in [0.2, 0.25) is 0 Å². The number of ether oxygens (including phenoxy) is 2. The molecule has 1 saturated carbocycles. The fourth-order valence-corrected chi connectivity index (χ4v) is 3.17. The molecule has 1 aliphatic carbocycles. The minimum atomic E-state index is -0.253. The Bertz CT molecular complexity index is 294. The maximum atomic E-state index is 12.0. The SMILES string of the molecule is CCCCC(CC)COC(=O)C1OC12CCCCC2. The minimum absolute atomic E-state index is 0.114. The van der Waals surface area contributed by atoms with E-state index in [1.54, 1.807) is 0 Å². The Balaban J connectivity index is 1.70. The second-order valence-electron chi connectivity index (χ2n) is 6.17. The van der Waals surface area contributed by atoms with Gasteiger partial charge < -0.3 is 9.47 Å². The smallest absolute Gasteiger partial charge is 0.338 e. The van der Waals surface area contributed by atoms with Gasteiger partial charge in [0.15, 0.2) is 6.10 Å². The summed E-state index contributed by atoms with van der Waals surface area (Å²) in [4.78, 5) is 12.0. The molecule has 1 aliphatic heterocycles. The lowest BCUT2D eigenvalue weighted by molar-refractivity contribution is -0.146. The van der Waals surface area contributed by atoms with Crippen LogP contribution in [0, 0.1) is 5.92 Å². The van der Waals surface area contributed by atoms with E-state index >= 15 is 0 Å². The van der Waals surface area contributed by atoms with E-state index in [1.165, 1.54) is 32.1 Å². The lowest BCUT2D eigenvalue weighted by Crippen LogP contribution is -2.26. The fraction of sp³-hybridized carbons (Fsp3) is 0.938. The Labute approximate surface area is 117 Å². The summed E-state index contributed by atoms with van der Waals surface area (Å²) in [7, 11) is 0. The first-order valence-electron chi connectivity index (χ1n) is 8.06. The van der Waals surface area contributed by atoms with Crippen molar-refractivity contribution in [2.45, 2.75) is 83.3 Å². The minimum Gasteiger partial charge on any atom is -0.463 e. The molecule has 0 radical (unpaired) electrons. The molecule has 0 bridgehead atoms. The van der Waals surface area contributed by atoms with Crippen LogP contribution in [-0.4, -0.2) is 24.3 Å². The topological polar surface area (TPSA) is 38.8 Å². The molecule has 2 fully saturated rings. The van der Waals surface area contributed by atoms with Crippen molar-refractivity contribution in [2.24, 2.45) is 5.92 Å². The van der Waals surface area contributed by atoms with Gasteiger partial charge in [-0.2, -0.15) is 0 Å². The van der Waals surface area contributed by atoms with Crippen molar-refractivity contribution in [2.75, 3.05) is 6.61 Å². The maximum absolute atomic E-state index is 12.0. The number of carbonyl (C=O) groups is 1. The van der Waals surface area contributed by atoms with Gasteiger partial charge in [-0.15, -0.1) is 0 Å². The van der Waals surface area contributed by atoms with E-state index in [9.17, 15) is 4.79 Å². The maximum Gasteiger partial charge on any atom is 0.338 e. The Morgan fingerprint density at radius 3 is 2.68 bits per heavy atom. The molecule has 3 nitrogen and oxygen atoms in total. The van der Waals surface area contributed by atoms with Crippen LogP contribution in [0.15, 0.2) is 0 Å². The van der Waals surface area contributed by atoms with E-state index in [2.05, 4.69) is 13.8 Å². The molecule has 0 aromatic heterocycles. The third-order valence-corrected chi connectivity index (χ3v) is 4.69. The van der Waals surface area contributed by atoms with Crippen LogP contribution < -0.4 is 0 Å². The molecule has 2 aliphatic rings.